The van der Waals surface area contributed by atoms with Crippen molar-refractivity contribution in [2.24, 2.45) is 7.05 Å². The van der Waals surface area contributed by atoms with E-state index in [2.05, 4.69) is 33.0 Å². The van der Waals surface area contributed by atoms with Crippen LogP contribution in [0.25, 0.3) is 22.2 Å². The van der Waals surface area contributed by atoms with Crippen LogP contribution in [-0.4, -0.2) is 31.2 Å². The normalized spacial score (nSPS) is 12.4. The summed E-state index contributed by atoms with van der Waals surface area (Å²) in [7, 11) is 1.91. The molecule has 9 heteroatoms. The van der Waals surface area contributed by atoms with Gasteiger partial charge in [0.15, 0.2) is 17.5 Å². The third-order valence-corrected chi connectivity index (χ3v) is 5.95. The lowest BCUT2D eigenvalue weighted by atomic mass is 10.2. The molecule has 0 aliphatic rings. The summed E-state index contributed by atoms with van der Waals surface area (Å²) in [5.41, 5.74) is 0.883. The van der Waals surface area contributed by atoms with E-state index in [-0.39, 0.29) is 0 Å². The second-order valence-electron chi connectivity index (χ2n) is 5.51. The van der Waals surface area contributed by atoms with E-state index in [0.29, 0.717) is 17.5 Å². The average Bonchev–Trinajstić information content (AvgIpc) is 3.41. The quantitative estimate of drug-likeness (QED) is 0.396. The standard InChI is InChI=1S/C17H15N5OS3/c1-22-15(12-7-4-8-26-12)19-20-16(22)13(24)14-18-17(23-21-14)10-5-3-6-11(9-10)25-2/h3-9,13,24H,1-2H3. The molecule has 132 valence electrons. The first-order valence-electron chi connectivity index (χ1n) is 7.76. The van der Waals surface area contributed by atoms with Crippen molar-refractivity contribution >= 4 is 35.7 Å². The molecule has 0 amide bonds. The van der Waals surface area contributed by atoms with Crippen LogP contribution in [0.5, 0.6) is 0 Å². The Balaban J connectivity index is 1.64. The van der Waals surface area contributed by atoms with E-state index in [1.54, 1.807) is 23.1 Å². The van der Waals surface area contributed by atoms with E-state index in [1.807, 2.05) is 59.6 Å². The van der Waals surface area contributed by atoms with E-state index in [4.69, 9.17) is 4.52 Å². The van der Waals surface area contributed by atoms with Gasteiger partial charge < -0.3 is 9.09 Å². The molecule has 1 unspecified atom stereocenters. The Hall–Kier alpha value is -2.10. The Labute approximate surface area is 164 Å². The van der Waals surface area contributed by atoms with Gasteiger partial charge in [-0.05, 0) is 35.9 Å². The Morgan fingerprint density at radius 1 is 1.23 bits per heavy atom. The predicted octanol–water partition coefficient (Wildman–Crippen LogP) is 4.33. The number of benzene rings is 1. The number of rotatable bonds is 5. The molecule has 3 aromatic heterocycles. The van der Waals surface area contributed by atoms with Crippen molar-refractivity contribution in [2.75, 3.05) is 6.26 Å². The van der Waals surface area contributed by atoms with E-state index in [0.717, 1.165) is 21.2 Å². The van der Waals surface area contributed by atoms with Gasteiger partial charge in [-0.3, -0.25) is 0 Å². The van der Waals surface area contributed by atoms with Crippen LogP contribution < -0.4 is 0 Å². The molecule has 4 rings (SSSR count). The first-order valence-corrected chi connectivity index (χ1v) is 10.4. The second kappa shape index (κ2) is 7.26. The summed E-state index contributed by atoms with van der Waals surface area (Å²) in [5, 5.41) is 14.2. The van der Waals surface area contributed by atoms with Crippen molar-refractivity contribution in [1.82, 2.24) is 24.9 Å². The fraction of sp³-hybridized carbons (Fsp3) is 0.176. The predicted molar refractivity (Wildman–Crippen MR) is 107 cm³/mol. The van der Waals surface area contributed by atoms with Gasteiger partial charge >= 0.3 is 0 Å². The molecule has 1 aromatic carbocycles. The fourth-order valence-electron chi connectivity index (χ4n) is 2.53. The minimum absolute atomic E-state index is 0.428. The first-order chi connectivity index (χ1) is 12.7. The maximum absolute atomic E-state index is 5.44. The van der Waals surface area contributed by atoms with E-state index >= 15 is 0 Å². The van der Waals surface area contributed by atoms with Gasteiger partial charge in [-0.15, -0.1) is 33.3 Å². The maximum Gasteiger partial charge on any atom is 0.258 e. The van der Waals surface area contributed by atoms with Crippen LogP contribution in [0, 0.1) is 0 Å². The summed E-state index contributed by atoms with van der Waals surface area (Å²) in [4.78, 5) is 6.69. The van der Waals surface area contributed by atoms with Crippen molar-refractivity contribution in [2.45, 2.75) is 10.1 Å². The molecule has 1 atom stereocenters. The van der Waals surface area contributed by atoms with Crippen LogP contribution in [0.1, 0.15) is 16.9 Å². The summed E-state index contributed by atoms with van der Waals surface area (Å²) in [6, 6.07) is 12.0. The molecule has 0 fully saturated rings. The van der Waals surface area contributed by atoms with Gasteiger partial charge in [-0.2, -0.15) is 17.6 Å². The van der Waals surface area contributed by atoms with Crippen LogP contribution >= 0.6 is 35.7 Å². The molecule has 4 aromatic rings. The smallest absolute Gasteiger partial charge is 0.258 e. The highest BCUT2D eigenvalue weighted by atomic mass is 32.2. The molecule has 0 N–H and O–H groups in total. The average molecular weight is 402 g/mol. The molecule has 0 radical (unpaired) electrons. The lowest BCUT2D eigenvalue weighted by molar-refractivity contribution is 0.423. The molecule has 3 heterocycles. The summed E-state index contributed by atoms with van der Waals surface area (Å²) in [6.45, 7) is 0. The highest BCUT2D eigenvalue weighted by molar-refractivity contribution is 7.98. The number of thioether (sulfide) groups is 1. The number of thiophene rings is 1. The van der Waals surface area contributed by atoms with Crippen molar-refractivity contribution < 1.29 is 4.52 Å². The molecule has 0 aliphatic heterocycles. The minimum atomic E-state index is -0.428. The van der Waals surface area contributed by atoms with Crippen molar-refractivity contribution in [1.29, 1.82) is 0 Å². The number of hydrogen-bond donors (Lipinski definition) is 1. The van der Waals surface area contributed by atoms with Gasteiger partial charge in [0.25, 0.3) is 5.89 Å². The highest BCUT2D eigenvalue weighted by Gasteiger charge is 2.24. The van der Waals surface area contributed by atoms with E-state index < -0.39 is 5.25 Å². The second-order valence-corrected chi connectivity index (χ2v) is 7.85. The lowest BCUT2D eigenvalue weighted by Crippen LogP contribution is -2.05. The largest absolute Gasteiger partial charge is 0.334 e. The molecular weight excluding hydrogens is 386 g/mol. The first kappa shape index (κ1) is 17.3. The number of hydrogen-bond acceptors (Lipinski definition) is 8. The molecule has 0 saturated carbocycles. The zero-order valence-corrected chi connectivity index (χ0v) is 16.6. The summed E-state index contributed by atoms with van der Waals surface area (Å²) < 4.78 is 7.35. The molecule has 0 aliphatic carbocycles. The molecule has 0 saturated heterocycles. The highest BCUT2D eigenvalue weighted by Crippen LogP contribution is 2.31. The third kappa shape index (κ3) is 3.17. The van der Waals surface area contributed by atoms with Crippen LogP contribution in [0.4, 0.5) is 0 Å². The molecular formula is C17H15N5OS3. The van der Waals surface area contributed by atoms with Gasteiger partial charge in [0.2, 0.25) is 0 Å². The Morgan fingerprint density at radius 3 is 2.88 bits per heavy atom. The van der Waals surface area contributed by atoms with Crippen molar-refractivity contribution in [3.8, 4) is 22.2 Å². The number of nitrogens with zero attached hydrogens (tertiary/aromatic N) is 5. The Kier molecular flexibility index (Phi) is 4.84. The number of thiol groups is 1. The minimum Gasteiger partial charge on any atom is -0.334 e. The topological polar surface area (TPSA) is 69.6 Å². The third-order valence-electron chi connectivity index (χ3n) is 3.90. The summed E-state index contributed by atoms with van der Waals surface area (Å²) in [6.07, 6.45) is 2.03. The van der Waals surface area contributed by atoms with Crippen molar-refractivity contribution in [3.63, 3.8) is 0 Å². The van der Waals surface area contributed by atoms with E-state index in [1.165, 1.54) is 0 Å². The molecule has 0 bridgehead atoms. The van der Waals surface area contributed by atoms with Crippen LogP contribution in [0.15, 0.2) is 51.2 Å². The van der Waals surface area contributed by atoms with Crippen molar-refractivity contribution in [3.05, 3.63) is 53.4 Å². The Morgan fingerprint density at radius 2 is 2.12 bits per heavy atom. The fourth-order valence-corrected chi connectivity index (χ4v) is 4.07. The van der Waals surface area contributed by atoms with E-state index in [9.17, 15) is 0 Å². The number of aromatic nitrogens is 5. The summed E-state index contributed by atoms with van der Waals surface area (Å²) in [5.74, 6) is 2.40. The van der Waals surface area contributed by atoms with Crippen LogP contribution in [-0.2, 0) is 7.05 Å². The van der Waals surface area contributed by atoms with Gasteiger partial charge in [-0.1, -0.05) is 17.3 Å². The van der Waals surface area contributed by atoms with Crippen LogP contribution in [0.2, 0.25) is 0 Å². The van der Waals surface area contributed by atoms with Gasteiger partial charge in [-0.25, -0.2) is 0 Å². The molecule has 26 heavy (non-hydrogen) atoms. The monoisotopic (exact) mass is 401 g/mol. The van der Waals surface area contributed by atoms with Gasteiger partial charge in [0, 0.05) is 17.5 Å². The van der Waals surface area contributed by atoms with Crippen LogP contribution in [0.3, 0.4) is 0 Å². The Bertz CT molecular complexity index is 1020. The van der Waals surface area contributed by atoms with Gasteiger partial charge in [0.05, 0.1) is 4.88 Å². The zero-order valence-electron chi connectivity index (χ0n) is 14.0. The lowest BCUT2D eigenvalue weighted by Gasteiger charge is -2.06. The summed E-state index contributed by atoms with van der Waals surface area (Å²) >= 11 is 7.93. The SMILES string of the molecule is CSc1cccc(-c2nc(C(S)c3nnc(-c4cccs4)n3C)no2)c1. The molecule has 6 nitrogen and oxygen atoms in total. The van der Waals surface area contributed by atoms with Gasteiger partial charge in [0.1, 0.15) is 5.25 Å². The molecule has 0 spiro atoms. The zero-order chi connectivity index (χ0) is 18.1. The maximum atomic E-state index is 5.44.